The molecular weight excluding hydrogens is 432 g/mol. The first kappa shape index (κ1) is 21.9. The Morgan fingerprint density at radius 2 is 1.77 bits per heavy atom. The Bertz CT molecular complexity index is 1270. The minimum Gasteiger partial charge on any atom is -0.372 e. The number of anilines is 1. The Morgan fingerprint density at radius 3 is 2.63 bits per heavy atom. The van der Waals surface area contributed by atoms with Crippen molar-refractivity contribution >= 4 is 23.1 Å². The van der Waals surface area contributed by atoms with Gasteiger partial charge in [0.2, 0.25) is 0 Å². The van der Waals surface area contributed by atoms with Crippen molar-refractivity contribution in [1.29, 1.82) is 0 Å². The molecule has 1 N–H and O–H groups in total. The zero-order chi connectivity index (χ0) is 23.5. The molecule has 6 rings (SSSR count). The van der Waals surface area contributed by atoms with Crippen LogP contribution in [0.3, 0.4) is 0 Å². The molecule has 2 aromatic carbocycles. The van der Waals surface area contributed by atoms with Crippen LogP contribution in [0.5, 0.6) is 0 Å². The Labute approximate surface area is 207 Å². The van der Waals surface area contributed by atoms with E-state index < -0.39 is 0 Å². The monoisotopic (exact) mass is 464 g/mol. The molecular formula is C29H32N6. The minimum atomic E-state index is 0.739. The molecule has 178 valence electrons. The van der Waals surface area contributed by atoms with Gasteiger partial charge in [0, 0.05) is 57.1 Å². The van der Waals surface area contributed by atoms with Crippen LogP contribution in [0.15, 0.2) is 64.8 Å². The van der Waals surface area contributed by atoms with Gasteiger partial charge in [-0.2, -0.15) is 0 Å². The molecule has 4 heterocycles. The highest BCUT2D eigenvalue weighted by molar-refractivity contribution is 5.75. The summed E-state index contributed by atoms with van der Waals surface area (Å²) in [6, 6.07) is 17.2. The number of nitrogens with zero attached hydrogens (tertiary/aromatic N) is 5. The number of para-hydroxylation sites is 2. The van der Waals surface area contributed by atoms with Crippen LogP contribution in [0, 0.1) is 11.8 Å². The summed E-state index contributed by atoms with van der Waals surface area (Å²) in [5.74, 6) is 7.26. The molecule has 3 aliphatic rings. The number of aliphatic imine (C=N–C) groups is 1. The van der Waals surface area contributed by atoms with E-state index in [-0.39, 0.29) is 0 Å². The summed E-state index contributed by atoms with van der Waals surface area (Å²) in [7, 11) is 0. The van der Waals surface area contributed by atoms with Crippen molar-refractivity contribution < 1.29 is 0 Å². The van der Waals surface area contributed by atoms with Crippen molar-refractivity contribution in [3.63, 3.8) is 0 Å². The molecule has 6 heteroatoms. The fourth-order valence-corrected chi connectivity index (χ4v) is 5.29. The normalized spacial score (nSPS) is 18.5. The van der Waals surface area contributed by atoms with Crippen molar-refractivity contribution in [3.05, 3.63) is 71.2 Å². The molecule has 0 saturated carbocycles. The lowest BCUT2D eigenvalue weighted by molar-refractivity contribution is 0.300. The van der Waals surface area contributed by atoms with E-state index in [1.807, 2.05) is 30.6 Å². The fraction of sp³-hybridized carbons (Fsp3) is 0.379. The number of aromatic nitrogens is 2. The second-order valence-electron chi connectivity index (χ2n) is 9.78. The highest BCUT2D eigenvalue weighted by atomic mass is 15.2. The summed E-state index contributed by atoms with van der Waals surface area (Å²) in [5, 5.41) is 0. The molecule has 3 aliphatic heterocycles. The molecule has 0 radical (unpaired) electrons. The van der Waals surface area contributed by atoms with E-state index in [4.69, 9.17) is 4.99 Å². The van der Waals surface area contributed by atoms with Gasteiger partial charge in [0.05, 0.1) is 23.9 Å². The molecule has 0 unspecified atom stereocenters. The summed E-state index contributed by atoms with van der Waals surface area (Å²) in [5.41, 5.74) is 7.39. The van der Waals surface area contributed by atoms with Gasteiger partial charge < -0.3 is 14.8 Å². The van der Waals surface area contributed by atoms with Crippen molar-refractivity contribution in [3.8, 4) is 11.8 Å². The standard InChI is InChI=1S/C29H32N6/c1-4-16-35(17-5-1)25-12-10-23(11-13-25)19-34-21-24-20-33(18-14-26(24)30-22-34)15-6-9-29-31-27-7-2-3-8-28(27)32-29/h2-3,7-8,10-13,22H,1,4-5,14-21H2,(H,31,32). The Balaban J connectivity index is 1.04. The number of aromatic amines is 1. The SMILES string of the molecule is C(#Cc1nc2ccccc2[nH]1)CN1CCC2=C(CN(Cc3ccc(N4CCCCC4)cc3)C=N2)C1. The van der Waals surface area contributed by atoms with Crippen LogP contribution in [0.4, 0.5) is 5.69 Å². The van der Waals surface area contributed by atoms with E-state index in [1.54, 1.807) is 0 Å². The topological polar surface area (TPSA) is 50.8 Å². The molecule has 1 aromatic heterocycles. The number of nitrogens with one attached hydrogen (secondary N) is 1. The van der Waals surface area contributed by atoms with Gasteiger partial charge in [-0.25, -0.2) is 9.98 Å². The third kappa shape index (κ3) is 5.11. The second-order valence-corrected chi connectivity index (χ2v) is 9.78. The third-order valence-corrected chi connectivity index (χ3v) is 7.20. The smallest absolute Gasteiger partial charge is 0.183 e. The zero-order valence-electron chi connectivity index (χ0n) is 20.2. The van der Waals surface area contributed by atoms with Crippen LogP contribution in [0.25, 0.3) is 11.0 Å². The van der Waals surface area contributed by atoms with Crippen LogP contribution in [0.2, 0.25) is 0 Å². The van der Waals surface area contributed by atoms with Gasteiger partial charge in [-0.1, -0.05) is 30.2 Å². The maximum atomic E-state index is 4.80. The highest BCUT2D eigenvalue weighted by Gasteiger charge is 2.22. The number of hydrogen-bond acceptors (Lipinski definition) is 5. The third-order valence-electron chi connectivity index (χ3n) is 7.20. The van der Waals surface area contributed by atoms with Crippen LogP contribution >= 0.6 is 0 Å². The van der Waals surface area contributed by atoms with E-state index in [2.05, 4.69) is 60.8 Å². The van der Waals surface area contributed by atoms with Crippen LogP contribution < -0.4 is 4.90 Å². The molecule has 0 aliphatic carbocycles. The molecule has 1 saturated heterocycles. The van der Waals surface area contributed by atoms with E-state index >= 15 is 0 Å². The summed E-state index contributed by atoms with van der Waals surface area (Å²) < 4.78 is 0. The number of benzene rings is 2. The van der Waals surface area contributed by atoms with Gasteiger partial charge in [0.1, 0.15) is 0 Å². The van der Waals surface area contributed by atoms with Crippen molar-refractivity contribution in [2.45, 2.75) is 32.2 Å². The van der Waals surface area contributed by atoms with E-state index in [0.29, 0.717) is 0 Å². The largest absolute Gasteiger partial charge is 0.372 e. The predicted octanol–water partition coefficient (Wildman–Crippen LogP) is 4.41. The quantitative estimate of drug-likeness (QED) is 0.581. The van der Waals surface area contributed by atoms with Gasteiger partial charge in [0.25, 0.3) is 0 Å². The Kier molecular flexibility index (Phi) is 6.25. The zero-order valence-corrected chi connectivity index (χ0v) is 20.2. The molecule has 1 fully saturated rings. The van der Waals surface area contributed by atoms with Crippen molar-refractivity contribution in [1.82, 2.24) is 19.8 Å². The number of imidazole rings is 1. The highest BCUT2D eigenvalue weighted by Crippen LogP contribution is 2.24. The van der Waals surface area contributed by atoms with Gasteiger partial charge in [0.15, 0.2) is 5.82 Å². The first-order valence-electron chi connectivity index (χ1n) is 12.8. The summed E-state index contributed by atoms with van der Waals surface area (Å²) in [4.78, 5) is 19.9. The summed E-state index contributed by atoms with van der Waals surface area (Å²) in [6.45, 7) is 6.90. The minimum absolute atomic E-state index is 0.739. The lowest BCUT2D eigenvalue weighted by atomic mass is 10.0. The number of piperidine rings is 1. The predicted molar refractivity (Wildman–Crippen MR) is 142 cm³/mol. The lowest BCUT2D eigenvalue weighted by Crippen LogP contribution is -2.38. The first-order valence-corrected chi connectivity index (χ1v) is 12.8. The molecule has 6 nitrogen and oxygen atoms in total. The van der Waals surface area contributed by atoms with Gasteiger partial charge in [-0.05, 0) is 60.6 Å². The van der Waals surface area contributed by atoms with E-state index in [0.717, 1.165) is 56.0 Å². The average Bonchev–Trinajstić information content (AvgIpc) is 3.32. The molecule has 0 bridgehead atoms. The van der Waals surface area contributed by atoms with Gasteiger partial charge >= 0.3 is 0 Å². The number of hydrogen-bond donors (Lipinski definition) is 1. The summed E-state index contributed by atoms with van der Waals surface area (Å²) >= 11 is 0. The summed E-state index contributed by atoms with van der Waals surface area (Å²) in [6.07, 6.45) is 7.02. The van der Waals surface area contributed by atoms with Gasteiger partial charge in [-0.15, -0.1) is 0 Å². The second kappa shape index (κ2) is 9.97. The van der Waals surface area contributed by atoms with Crippen molar-refractivity contribution in [2.75, 3.05) is 44.2 Å². The Morgan fingerprint density at radius 1 is 0.914 bits per heavy atom. The molecule has 0 atom stereocenters. The molecule has 0 amide bonds. The first-order chi connectivity index (χ1) is 17.3. The van der Waals surface area contributed by atoms with E-state index in [9.17, 15) is 0 Å². The molecule has 0 spiro atoms. The lowest BCUT2D eigenvalue weighted by Gasteiger charge is -2.33. The van der Waals surface area contributed by atoms with Crippen LogP contribution in [0.1, 0.15) is 37.1 Å². The molecule has 35 heavy (non-hydrogen) atoms. The van der Waals surface area contributed by atoms with Crippen LogP contribution in [-0.2, 0) is 6.54 Å². The maximum Gasteiger partial charge on any atom is 0.183 e. The maximum absolute atomic E-state index is 4.80. The van der Waals surface area contributed by atoms with E-state index in [1.165, 1.54) is 54.9 Å². The Hall–Kier alpha value is -3.56. The number of rotatable bonds is 4. The van der Waals surface area contributed by atoms with Crippen molar-refractivity contribution in [2.24, 2.45) is 4.99 Å². The van der Waals surface area contributed by atoms with Crippen LogP contribution in [-0.4, -0.2) is 65.4 Å². The number of fused-ring (bicyclic) bond motifs is 1. The molecule has 3 aromatic rings. The average molecular weight is 465 g/mol. The number of H-pyrrole nitrogens is 1. The fourth-order valence-electron chi connectivity index (χ4n) is 5.29. The van der Waals surface area contributed by atoms with Gasteiger partial charge in [-0.3, -0.25) is 4.90 Å².